The Bertz CT molecular complexity index is 180. The monoisotopic (exact) mass is 186 g/mol. The summed E-state index contributed by atoms with van der Waals surface area (Å²) in [6.45, 7) is 4.31. The summed E-state index contributed by atoms with van der Waals surface area (Å²) in [6.07, 6.45) is 1.02. The predicted octanol–water partition coefficient (Wildman–Crippen LogP) is 0.0666. The van der Waals surface area contributed by atoms with Crippen molar-refractivity contribution in [2.45, 2.75) is 26.7 Å². The summed E-state index contributed by atoms with van der Waals surface area (Å²) in [4.78, 5) is 22.1. The molecule has 1 atom stereocenters. The number of hydrogen-bond acceptors (Lipinski definition) is 3. The maximum absolute atomic E-state index is 11.3. The summed E-state index contributed by atoms with van der Waals surface area (Å²) in [7, 11) is 0. The highest BCUT2D eigenvalue weighted by molar-refractivity contribution is 5.85. The van der Waals surface area contributed by atoms with Gasteiger partial charge in [0.25, 0.3) is 0 Å². The Balaban J connectivity index is 3.92. The first kappa shape index (κ1) is 12.1. The fourth-order valence-corrected chi connectivity index (χ4v) is 1.11. The molecular formula is C9H18N2O2. The minimum Gasteiger partial charge on any atom is -0.355 e. The highest BCUT2D eigenvalue weighted by atomic mass is 16.2. The molecule has 0 aromatic rings. The first-order valence-corrected chi connectivity index (χ1v) is 4.59. The van der Waals surface area contributed by atoms with Gasteiger partial charge in [0.05, 0.1) is 0 Å². The van der Waals surface area contributed by atoms with E-state index in [1.54, 1.807) is 0 Å². The Labute approximate surface area is 78.9 Å². The molecule has 0 saturated heterocycles. The van der Waals surface area contributed by atoms with Gasteiger partial charge in [-0.25, -0.2) is 0 Å². The molecule has 0 aliphatic heterocycles. The maximum atomic E-state index is 11.3. The SMILES string of the molecule is CCC(CC(C)=O)C(=O)NCCN. The van der Waals surface area contributed by atoms with Crippen LogP contribution in [0.4, 0.5) is 0 Å². The average molecular weight is 186 g/mol. The number of amides is 1. The van der Waals surface area contributed by atoms with Crippen LogP contribution in [0, 0.1) is 5.92 Å². The second-order valence-corrected chi connectivity index (χ2v) is 3.09. The zero-order valence-electron chi connectivity index (χ0n) is 8.30. The molecule has 0 saturated carbocycles. The molecule has 76 valence electrons. The highest BCUT2D eigenvalue weighted by Gasteiger charge is 2.17. The summed E-state index contributed by atoms with van der Waals surface area (Å²) in [5.74, 6) is -0.207. The van der Waals surface area contributed by atoms with E-state index in [-0.39, 0.29) is 17.6 Å². The molecular weight excluding hydrogens is 168 g/mol. The Morgan fingerprint density at radius 3 is 2.46 bits per heavy atom. The third kappa shape index (κ3) is 5.36. The van der Waals surface area contributed by atoms with Gasteiger partial charge in [-0.15, -0.1) is 0 Å². The Morgan fingerprint density at radius 2 is 2.08 bits per heavy atom. The van der Waals surface area contributed by atoms with E-state index in [1.165, 1.54) is 6.92 Å². The van der Waals surface area contributed by atoms with Crippen molar-refractivity contribution in [3.05, 3.63) is 0 Å². The van der Waals surface area contributed by atoms with Crippen molar-refractivity contribution in [3.8, 4) is 0 Å². The largest absolute Gasteiger partial charge is 0.355 e. The Kier molecular flexibility index (Phi) is 6.14. The molecule has 0 aliphatic carbocycles. The molecule has 0 rings (SSSR count). The van der Waals surface area contributed by atoms with Crippen LogP contribution in [-0.4, -0.2) is 24.8 Å². The molecule has 13 heavy (non-hydrogen) atoms. The van der Waals surface area contributed by atoms with E-state index in [0.29, 0.717) is 25.9 Å². The van der Waals surface area contributed by atoms with E-state index in [9.17, 15) is 9.59 Å². The summed E-state index contributed by atoms with van der Waals surface area (Å²) < 4.78 is 0. The Hall–Kier alpha value is -0.900. The van der Waals surface area contributed by atoms with Crippen LogP contribution in [0.1, 0.15) is 26.7 Å². The van der Waals surface area contributed by atoms with Crippen LogP contribution in [-0.2, 0) is 9.59 Å². The van der Waals surface area contributed by atoms with Crippen LogP contribution in [0.3, 0.4) is 0 Å². The molecule has 0 radical (unpaired) electrons. The van der Waals surface area contributed by atoms with E-state index < -0.39 is 0 Å². The first-order valence-electron chi connectivity index (χ1n) is 4.59. The molecule has 1 unspecified atom stereocenters. The third-order valence-corrected chi connectivity index (χ3v) is 1.84. The van der Waals surface area contributed by atoms with Gasteiger partial charge in [-0.05, 0) is 13.3 Å². The van der Waals surface area contributed by atoms with Crippen LogP contribution in [0.5, 0.6) is 0 Å². The number of nitrogens with two attached hydrogens (primary N) is 1. The van der Waals surface area contributed by atoms with Gasteiger partial charge in [0, 0.05) is 25.4 Å². The van der Waals surface area contributed by atoms with Crippen LogP contribution in [0.15, 0.2) is 0 Å². The van der Waals surface area contributed by atoms with Gasteiger partial charge in [0.1, 0.15) is 5.78 Å². The van der Waals surface area contributed by atoms with Crippen molar-refractivity contribution in [3.63, 3.8) is 0 Å². The minimum atomic E-state index is -0.191. The van der Waals surface area contributed by atoms with Gasteiger partial charge in [-0.3, -0.25) is 4.79 Å². The number of rotatable bonds is 6. The van der Waals surface area contributed by atoms with Crippen molar-refractivity contribution in [1.82, 2.24) is 5.32 Å². The quantitative estimate of drug-likeness (QED) is 0.616. The molecule has 0 bridgehead atoms. The molecule has 3 N–H and O–H groups in total. The van der Waals surface area contributed by atoms with E-state index >= 15 is 0 Å². The van der Waals surface area contributed by atoms with Crippen LogP contribution in [0.2, 0.25) is 0 Å². The zero-order valence-corrected chi connectivity index (χ0v) is 8.30. The average Bonchev–Trinajstić information content (AvgIpc) is 2.09. The highest BCUT2D eigenvalue weighted by Crippen LogP contribution is 2.08. The minimum absolute atomic E-state index is 0.0507. The van der Waals surface area contributed by atoms with E-state index in [2.05, 4.69) is 5.32 Å². The predicted molar refractivity (Wildman–Crippen MR) is 51.1 cm³/mol. The topological polar surface area (TPSA) is 72.2 Å². The van der Waals surface area contributed by atoms with Crippen molar-refractivity contribution < 1.29 is 9.59 Å². The van der Waals surface area contributed by atoms with Crippen molar-refractivity contribution in [1.29, 1.82) is 0 Å². The Morgan fingerprint density at radius 1 is 1.46 bits per heavy atom. The molecule has 0 spiro atoms. The summed E-state index contributed by atoms with van der Waals surface area (Å²) in [6, 6.07) is 0. The zero-order chi connectivity index (χ0) is 10.3. The van der Waals surface area contributed by atoms with Gasteiger partial charge < -0.3 is 15.8 Å². The maximum Gasteiger partial charge on any atom is 0.223 e. The molecule has 4 heteroatoms. The second-order valence-electron chi connectivity index (χ2n) is 3.09. The fraction of sp³-hybridized carbons (Fsp3) is 0.778. The number of nitrogens with one attached hydrogen (secondary N) is 1. The van der Waals surface area contributed by atoms with E-state index in [1.807, 2.05) is 6.92 Å². The molecule has 1 amide bonds. The smallest absolute Gasteiger partial charge is 0.223 e. The third-order valence-electron chi connectivity index (χ3n) is 1.84. The van der Waals surface area contributed by atoms with Crippen molar-refractivity contribution in [2.75, 3.05) is 13.1 Å². The lowest BCUT2D eigenvalue weighted by Gasteiger charge is -2.12. The molecule has 0 aromatic carbocycles. The molecule has 0 fully saturated rings. The van der Waals surface area contributed by atoms with Crippen LogP contribution < -0.4 is 11.1 Å². The lowest BCUT2D eigenvalue weighted by atomic mass is 9.99. The number of ketones is 1. The van der Waals surface area contributed by atoms with Crippen LogP contribution in [0.25, 0.3) is 0 Å². The van der Waals surface area contributed by atoms with Gasteiger partial charge in [0.2, 0.25) is 5.91 Å². The van der Waals surface area contributed by atoms with Crippen molar-refractivity contribution >= 4 is 11.7 Å². The van der Waals surface area contributed by atoms with Crippen LogP contribution >= 0.6 is 0 Å². The lowest BCUT2D eigenvalue weighted by Crippen LogP contribution is -2.34. The summed E-state index contributed by atoms with van der Waals surface area (Å²) in [5.41, 5.74) is 5.24. The van der Waals surface area contributed by atoms with Crippen molar-refractivity contribution in [2.24, 2.45) is 11.7 Å². The standard InChI is InChI=1S/C9H18N2O2/c1-3-8(6-7(2)12)9(13)11-5-4-10/h8H,3-6,10H2,1-2H3,(H,11,13). The van der Waals surface area contributed by atoms with Gasteiger partial charge >= 0.3 is 0 Å². The number of carbonyl (C=O) groups is 2. The second kappa shape index (κ2) is 6.60. The summed E-state index contributed by atoms with van der Waals surface area (Å²) in [5, 5.41) is 2.67. The van der Waals surface area contributed by atoms with Gasteiger partial charge in [-0.1, -0.05) is 6.92 Å². The first-order chi connectivity index (χ1) is 6.11. The lowest BCUT2D eigenvalue weighted by molar-refractivity contribution is -0.128. The number of Topliss-reactive ketones (excluding diaryl/α,β-unsaturated/α-hetero) is 1. The molecule has 4 nitrogen and oxygen atoms in total. The van der Waals surface area contributed by atoms with Gasteiger partial charge in [0.15, 0.2) is 0 Å². The molecule has 0 heterocycles. The number of carbonyl (C=O) groups excluding carboxylic acids is 2. The molecule has 0 aromatic heterocycles. The summed E-state index contributed by atoms with van der Waals surface area (Å²) >= 11 is 0. The van der Waals surface area contributed by atoms with Gasteiger partial charge in [-0.2, -0.15) is 0 Å². The van der Waals surface area contributed by atoms with E-state index in [4.69, 9.17) is 5.73 Å². The fourth-order valence-electron chi connectivity index (χ4n) is 1.11. The van der Waals surface area contributed by atoms with E-state index in [0.717, 1.165) is 0 Å². The number of hydrogen-bond donors (Lipinski definition) is 2. The normalized spacial score (nSPS) is 12.2. The molecule has 0 aliphatic rings.